The second-order valence-electron chi connectivity index (χ2n) is 27.3. The number of pyridine rings is 5. The van der Waals surface area contributed by atoms with Gasteiger partial charge in [0.15, 0.2) is 11.6 Å². The smallest absolute Gasteiger partial charge is 0.345 e. The van der Waals surface area contributed by atoms with Gasteiger partial charge in [-0.2, -0.15) is 0 Å². The van der Waals surface area contributed by atoms with Crippen molar-refractivity contribution in [2.75, 3.05) is 171 Å². The Kier molecular flexibility index (Phi) is 30.5. The van der Waals surface area contributed by atoms with E-state index in [0.29, 0.717) is 56.5 Å². The monoisotopic (exact) mass is 1540 g/mol. The van der Waals surface area contributed by atoms with E-state index in [0.717, 1.165) is 209 Å². The van der Waals surface area contributed by atoms with Crippen molar-refractivity contribution in [3.63, 3.8) is 0 Å². The number of ketones is 2. The highest BCUT2D eigenvalue weighted by Gasteiger charge is 2.19. The number of benzene rings is 3. The summed E-state index contributed by atoms with van der Waals surface area (Å²) in [6, 6.07) is 36.5. The molecule has 8 aromatic rings. The Morgan fingerprint density at radius 1 is 0.420 bits per heavy atom. The summed E-state index contributed by atoms with van der Waals surface area (Å²) < 4.78 is 104. The molecule has 5 fully saturated rings. The molecule has 0 amide bonds. The maximum atomic E-state index is 12.5. The summed E-state index contributed by atoms with van der Waals surface area (Å²) in [4.78, 5) is 90.1. The van der Waals surface area contributed by atoms with Crippen LogP contribution in [0, 0.1) is 6.92 Å². The van der Waals surface area contributed by atoms with Gasteiger partial charge in [0.05, 0.1) is 94.8 Å². The summed E-state index contributed by atoms with van der Waals surface area (Å²) in [5, 5.41) is 9.71. The number of hydrogen-bond donors (Lipinski definition) is 1. The number of Topliss-reactive ketones (excluding diaryl/α,β-unsaturated/α-hetero) is 2. The van der Waals surface area contributed by atoms with E-state index >= 15 is 0 Å². The lowest BCUT2D eigenvalue weighted by Crippen LogP contribution is -2.37. The average molecular weight is 1540 g/mol. The second-order valence-corrected chi connectivity index (χ2v) is 27.3. The molecule has 1 N–H and O–H groups in total. The summed E-state index contributed by atoms with van der Waals surface area (Å²) in [7, 11) is 0. The minimum Gasteiger partial charge on any atom is -0.508 e. The van der Waals surface area contributed by atoms with Gasteiger partial charge in [-0.3, -0.25) is 59.0 Å². The molecule has 14 rings (SSSR count). The fraction of sp³-hybridized carbons (Fsp3) is 0.432. The molecule has 1 aliphatic carbocycles. The van der Waals surface area contributed by atoms with Crippen LogP contribution in [0.15, 0.2) is 152 Å². The van der Waals surface area contributed by atoms with Gasteiger partial charge in [0.1, 0.15) is 17.2 Å². The van der Waals surface area contributed by atoms with Crippen LogP contribution in [0.3, 0.4) is 0 Å². The molecule has 24 heteroatoms. The first-order valence-corrected chi connectivity index (χ1v) is 38.4. The molecular weight excluding hydrogens is 1420 g/mol. The maximum Gasteiger partial charge on any atom is 0.345 e. The van der Waals surface area contributed by atoms with Gasteiger partial charge in [-0.05, 0) is 172 Å². The molecule has 24 nitrogen and oxygen atoms in total. The van der Waals surface area contributed by atoms with Gasteiger partial charge in [0.25, 0.3) is 0 Å². The third kappa shape index (κ3) is 29.8. The molecule has 0 atom stereocenters. The first-order valence-electron chi connectivity index (χ1n) is 42.4. The maximum absolute atomic E-state index is 12.5. The summed E-state index contributed by atoms with van der Waals surface area (Å²) in [6.45, 7) is 13.0. The van der Waals surface area contributed by atoms with Gasteiger partial charge in [0.2, 0.25) is 0 Å². The molecule has 5 aliphatic heterocycles. The number of phenols is 1. The quantitative estimate of drug-likeness (QED) is 0.0241. The molecule has 594 valence electrons. The van der Waals surface area contributed by atoms with Crippen LogP contribution in [0.25, 0.3) is 12.2 Å². The first-order chi connectivity index (χ1) is 57.6. The van der Waals surface area contributed by atoms with Crippen molar-refractivity contribution >= 4 is 41.6 Å². The number of aromatic nitrogens is 5. The summed E-state index contributed by atoms with van der Waals surface area (Å²) in [5.41, 5.74) is 12.5. The molecule has 0 bridgehead atoms. The van der Waals surface area contributed by atoms with Crippen LogP contribution in [-0.4, -0.2) is 255 Å². The number of carbonyl (C=O) groups is 5. The van der Waals surface area contributed by atoms with Gasteiger partial charge < -0.3 is 43.0 Å². The van der Waals surface area contributed by atoms with Crippen LogP contribution in [0.5, 0.6) is 17.2 Å². The Morgan fingerprint density at radius 2 is 0.786 bits per heavy atom. The SMILES string of the molecule is CC(=O)c1ccc(CCN2CCOCC2)nc1.CCOC(=O)c1ccc(CCN2CCOCC2)nc1.Cc1cc(O)cc(/C=C/c2ccc(OC(=O)c3ccc(CCN4CCOCC4)nc3)cc2)c1.O=C(Oc1ccc2c(c1)CCC2)c1ccc(CCN2CCOCC2)nc1.[2H]C1([2H])OC([2H])([2H])C([2H])([2H])N(CCc2ccc(C(C)=O)cn2)C1([2H])[2H]. The number of esters is 3. The fourth-order valence-electron chi connectivity index (χ4n) is 12.5. The van der Waals surface area contributed by atoms with E-state index in [2.05, 4.69) is 55.3 Å². The van der Waals surface area contributed by atoms with Crippen molar-refractivity contribution in [2.24, 2.45) is 0 Å². The van der Waals surface area contributed by atoms with Crippen LogP contribution in [0.2, 0.25) is 0 Å². The molecule has 0 saturated carbocycles. The van der Waals surface area contributed by atoms with Crippen molar-refractivity contribution in [3.8, 4) is 17.2 Å². The Hall–Kier alpha value is -9.70. The number of aromatic hydroxyl groups is 1. The van der Waals surface area contributed by atoms with E-state index in [1.165, 1.54) is 42.8 Å². The molecule has 5 saturated heterocycles. The average Bonchev–Trinajstić information content (AvgIpc) is 0.788. The van der Waals surface area contributed by atoms with Crippen molar-refractivity contribution in [2.45, 2.75) is 79.1 Å². The number of fused-ring (bicyclic) bond motifs is 1. The summed E-state index contributed by atoms with van der Waals surface area (Å²) >= 11 is 0. The Balaban J connectivity index is 0.000000161. The van der Waals surface area contributed by atoms with Crippen LogP contribution >= 0.6 is 0 Å². The molecule has 112 heavy (non-hydrogen) atoms. The number of morpholine rings is 5. The van der Waals surface area contributed by atoms with E-state index in [-0.39, 0.29) is 42.2 Å². The second kappa shape index (κ2) is 46.3. The van der Waals surface area contributed by atoms with Crippen molar-refractivity contribution in [3.05, 3.63) is 236 Å². The van der Waals surface area contributed by atoms with Gasteiger partial charge in [0, 0.05) is 206 Å². The van der Waals surface area contributed by atoms with Gasteiger partial charge >= 0.3 is 17.9 Å². The number of carbonyl (C=O) groups excluding carboxylic acids is 5. The van der Waals surface area contributed by atoms with Gasteiger partial charge in [-0.1, -0.05) is 36.4 Å². The van der Waals surface area contributed by atoms with Crippen LogP contribution in [0.1, 0.15) is 146 Å². The highest BCUT2D eigenvalue weighted by atomic mass is 16.5. The minimum atomic E-state index is -3.05. The third-order valence-electron chi connectivity index (χ3n) is 19.0. The lowest BCUT2D eigenvalue weighted by Gasteiger charge is -2.26. The standard InChI is InChI=1S/C27H28N2O4.C21H24N2O3.C14H20N2O3.2C13H18N2O2/c1-20-16-22(18-25(30)17-20)3-2-21-4-8-26(9-5-21)33-27(31)23-6-7-24(28-19-23)10-11-29-12-14-32-15-13-29;24-21(26-20-7-5-16-2-1-3-17(16)14-20)18-4-6-19(22-15-18)8-9-23-10-12-25-13-11-23;1-2-19-14(17)12-3-4-13(15-11-12)5-6-16-7-9-18-10-8-16;2*1-11(16)12-2-3-13(14-10-12)4-5-15-6-8-17-9-7-15/h2-9,16-19,30H,10-15H2,1H3;4-7,14-15H,1-3,8-13H2;3-4,11H,2,5-10H2,1H3;2*2-3,10H,4-9H2,1H3/b3-2+;;;;/i;;;6D2,7D2,8D2,9D2;. The van der Waals surface area contributed by atoms with Gasteiger partial charge in [-0.15, -0.1) is 0 Å². The number of rotatable bonds is 25. The third-order valence-corrected chi connectivity index (χ3v) is 19.0. The zero-order valence-electron chi connectivity index (χ0n) is 72.5. The van der Waals surface area contributed by atoms with Crippen molar-refractivity contribution in [1.82, 2.24) is 49.4 Å². The molecule has 0 radical (unpaired) electrons. The zero-order chi connectivity index (χ0) is 85.7. The largest absolute Gasteiger partial charge is 0.508 e. The van der Waals surface area contributed by atoms with Crippen LogP contribution in [0.4, 0.5) is 0 Å². The molecular formula is C88H108N10O14. The number of hydrogen-bond acceptors (Lipinski definition) is 24. The summed E-state index contributed by atoms with van der Waals surface area (Å²) in [5.74, 6) is 0.148. The van der Waals surface area contributed by atoms with Gasteiger partial charge in [-0.25, -0.2) is 14.4 Å². The van der Waals surface area contributed by atoms with Crippen LogP contribution in [-0.2, 0) is 73.4 Å². The molecule has 10 heterocycles. The predicted octanol–water partition coefficient (Wildman–Crippen LogP) is 10.5. The molecule has 6 aliphatic rings. The van der Waals surface area contributed by atoms with E-state index in [4.69, 9.17) is 44.1 Å². The Morgan fingerprint density at radius 3 is 1.17 bits per heavy atom. The van der Waals surface area contributed by atoms with Crippen molar-refractivity contribution < 1.29 is 77.9 Å². The molecule has 5 aromatic heterocycles. The molecule has 3 aromatic carbocycles. The van der Waals surface area contributed by atoms with E-state index in [9.17, 15) is 29.1 Å². The van der Waals surface area contributed by atoms with E-state index in [1.54, 1.807) is 81.1 Å². The number of ether oxygens (including phenoxy) is 8. The number of phenolic OH excluding ortho intramolecular Hbond substituents is 1. The molecule has 0 spiro atoms. The highest BCUT2D eigenvalue weighted by Crippen LogP contribution is 2.27. The lowest BCUT2D eigenvalue weighted by atomic mass is 10.1. The number of nitrogens with zero attached hydrogens (tertiary/aromatic N) is 10. The molecule has 0 unspecified atom stereocenters. The normalized spacial score (nSPS) is 19.0. The topological polar surface area (TPSA) is 260 Å². The zero-order valence-corrected chi connectivity index (χ0v) is 64.5. The lowest BCUT2D eigenvalue weighted by molar-refractivity contribution is 0.0383. The van der Waals surface area contributed by atoms with Crippen molar-refractivity contribution in [1.29, 1.82) is 0 Å². The fourth-order valence-corrected chi connectivity index (χ4v) is 12.5. The summed E-state index contributed by atoms with van der Waals surface area (Å²) in [6.07, 6.45) is 18.6. The Labute approximate surface area is 669 Å². The minimum absolute atomic E-state index is 0.0311. The number of aryl methyl sites for hydroxylation is 3. The van der Waals surface area contributed by atoms with E-state index in [1.807, 2.05) is 79.7 Å². The van der Waals surface area contributed by atoms with E-state index < -0.39 is 32.1 Å². The Bertz CT molecular complexity index is 4590. The predicted molar refractivity (Wildman–Crippen MR) is 429 cm³/mol. The first kappa shape index (κ1) is 73.8. The highest BCUT2D eigenvalue weighted by molar-refractivity contribution is 5.94. The van der Waals surface area contributed by atoms with Crippen LogP contribution < -0.4 is 9.47 Å².